The largest absolute Gasteiger partial charge is 0.0885 e. The van der Waals surface area contributed by atoms with Gasteiger partial charge >= 0.3 is 0 Å². The Morgan fingerprint density at radius 3 is 2.45 bits per heavy atom. The fourth-order valence-corrected chi connectivity index (χ4v) is 0.757. The summed E-state index contributed by atoms with van der Waals surface area (Å²) < 4.78 is 0. The third kappa shape index (κ3) is 9.22. The summed E-state index contributed by atoms with van der Waals surface area (Å²) in [4.78, 5) is 0. The fraction of sp³-hybridized carbons (Fsp3) is 0.364. The van der Waals surface area contributed by atoms with E-state index in [1.807, 2.05) is 19.1 Å². The molecular formula is C11H17. The summed E-state index contributed by atoms with van der Waals surface area (Å²) in [5.41, 5.74) is 0. The Morgan fingerprint density at radius 2 is 1.82 bits per heavy atom. The van der Waals surface area contributed by atoms with Gasteiger partial charge in [0, 0.05) is 0 Å². The Bertz CT molecular complexity index is 138. The van der Waals surface area contributed by atoms with Crippen molar-refractivity contribution >= 4 is 0 Å². The minimum absolute atomic E-state index is 1.14. The zero-order chi connectivity index (χ0) is 8.36. The number of allylic oxidation sites excluding steroid dienone is 6. The van der Waals surface area contributed by atoms with Crippen LogP contribution >= 0.6 is 0 Å². The number of hydrogen-bond donors (Lipinski definition) is 0. The summed E-state index contributed by atoms with van der Waals surface area (Å²) in [6.45, 7) is 5.65. The third-order valence-electron chi connectivity index (χ3n) is 1.35. The molecule has 0 bridgehead atoms. The lowest BCUT2D eigenvalue weighted by molar-refractivity contribution is 0.868. The standard InChI is InChI=1S/C11H17/c1-3-5-7-9-11-10-8-6-4-2/h3-6,8,10H,1,7,9,11H2,2H3. The number of unbranched alkanes of at least 4 members (excludes halogenated alkanes) is 2. The Hall–Kier alpha value is -0.780. The molecule has 0 nitrogen and oxygen atoms in total. The molecule has 0 amide bonds. The van der Waals surface area contributed by atoms with Crippen LogP contribution in [0.25, 0.3) is 0 Å². The van der Waals surface area contributed by atoms with E-state index in [9.17, 15) is 0 Å². The van der Waals surface area contributed by atoms with Gasteiger partial charge in [-0.25, -0.2) is 0 Å². The van der Waals surface area contributed by atoms with Crippen LogP contribution in [0.15, 0.2) is 36.5 Å². The van der Waals surface area contributed by atoms with Crippen LogP contribution in [-0.4, -0.2) is 0 Å². The minimum Gasteiger partial charge on any atom is -0.0885 e. The van der Waals surface area contributed by atoms with Gasteiger partial charge in [-0.05, 0) is 33.1 Å². The van der Waals surface area contributed by atoms with Crippen LogP contribution < -0.4 is 0 Å². The highest BCUT2D eigenvalue weighted by molar-refractivity contribution is 5.00. The van der Waals surface area contributed by atoms with Crippen molar-refractivity contribution in [3.8, 4) is 0 Å². The molecule has 0 heterocycles. The van der Waals surface area contributed by atoms with Crippen molar-refractivity contribution in [3.63, 3.8) is 0 Å². The third-order valence-corrected chi connectivity index (χ3v) is 1.35. The molecule has 0 fully saturated rings. The molecule has 0 rings (SSSR count). The molecule has 1 radical (unpaired) electrons. The molecular weight excluding hydrogens is 132 g/mol. The monoisotopic (exact) mass is 149 g/mol. The Morgan fingerprint density at radius 1 is 1.09 bits per heavy atom. The minimum atomic E-state index is 1.14. The molecule has 0 heteroatoms. The Labute approximate surface area is 70.3 Å². The van der Waals surface area contributed by atoms with Gasteiger partial charge in [-0.3, -0.25) is 0 Å². The first-order valence-electron chi connectivity index (χ1n) is 4.14. The van der Waals surface area contributed by atoms with Crippen molar-refractivity contribution in [3.05, 3.63) is 43.4 Å². The van der Waals surface area contributed by atoms with Crippen molar-refractivity contribution in [2.24, 2.45) is 0 Å². The molecule has 0 saturated carbocycles. The zero-order valence-electron chi connectivity index (χ0n) is 7.29. The highest BCUT2D eigenvalue weighted by Gasteiger charge is 1.77. The zero-order valence-corrected chi connectivity index (χ0v) is 7.29. The van der Waals surface area contributed by atoms with E-state index in [0.717, 1.165) is 12.8 Å². The Kier molecular flexibility index (Phi) is 8.57. The summed E-state index contributed by atoms with van der Waals surface area (Å²) >= 11 is 0. The second-order valence-electron chi connectivity index (χ2n) is 2.36. The van der Waals surface area contributed by atoms with E-state index in [1.54, 1.807) is 0 Å². The van der Waals surface area contributed by atoms with Crippen LogP contribution in [0.5, 0.6) is 0 Å². The lowest BCUT2D eigenvalue weighted by Gasteiger charge is -1.87. The summed E-state index contributed by atoms with van der Waals surface area (Å²) in [5.74, 6) is 0. The SMILES string of the molecule is [CH2]C=CCCCC=CC=CC. The van der Waals surface area contributed by atoms with E-state index >= 15 is 0 Å². The van der Waals surface area contributed by atoms with E-state index in [0.29, 0.717) is 0 Å². The molecule has 0 atom stereocenters. The van der Waals surface area contributed by atoms with Gasteiger partial charge in [-0.1, -0.05) is 36.5 Å². The molecule has 11 heavy (non-hydrogen) atoms. The molecule has 0 saturated heterocycles. The van der Waals surface area contributed by atoms with E-state index in [1.165, 1.54) is 6.42 Å². The molecule has 61 valence electrons. The van der Waals surface area contributed by atoms with E-state index < -0.39 is 0 Å². The summed E-state index contributed by atoms with van der Waals surface area (Å²) in [5, 5.41) is 0. The van der Waals surface area contributed by atoms with Crippen LogP contribution in [-0.2, 0) is 0 Å². The molecule has 0 N–H and O–H groups in total. The average Bonchev–Trinajstić information content (AvgIpc) is 2.03. The Balaban J connectivity index is 3.13. The lowest BCUT2D eigenvalue weighted by atomic mass is 10.2. The van der Waals surface area contributed by atoms with Crippen LogP contribution in [0.3, 0.4) is 0 Å². The van der Waals surface area contributed by atoms with Crippen LogP contribution in [0.1, 0.15) is 26.2 Å². The molecule has 0 aromatic heterocycles. The van der Waals surface area contributed by atoms with Gasteiger partial charge in [-0.15, -0.1) is 0 Å². The molecule has 0 aromatic rings. The van der Waals surface area contributed by atoms with Gasteiger partial charge in [0.1, 0.15) is 0 Å². The molecule has 0 spiro atoms. The quantitative estimate of drug-likeness (QED) is 0.413. The summed E-state index contributed by atoms with van der Waals surface area (Å²) in [7, 11) is 0. The predicted molar refractivity (Wildman–Crippen MR) is 52.3 cm³/mol. The van der Waals surface area contributed by atoms with Gasteiger partial charge in [0.2, 0.25) is 0 Å². The maximum atomic E-state index is 3.62. The number of hydrogen-bond acceptors (Lipinski definition) is 0. The first kappa shape index (κ1) is 10.2. The topological polar surface area (TPSA) is 0 Å². The van der Waals surface area contributed by atoms with Gasteiger partial charge < -0.3 is 0 Å². The van der Waals surface area contributed by atoms with Crippen LogP contribution in [0, 0.1) is 6.92 Å². The van der Waals surface area contributed by atoms with Crippen LogP contribution in [0.4, 0.5) is 0 Å². The van der Waals surface area contributed by atoms with Gasteiger partial charge in [0.05, 0.1) is 0 Å². The average molecular weight is 149 g/mol. The van der Waals surface area contributed by atoms with Crippen LogP contribution in [0.2, 0.25) is 0 Å². The normalized spacial score (nSPS) is 12.5. The highest BCUT2D eigenvalue weighted by Crippen LogP contribution is 1.97. The maximum Gasteiger partial charge on any atom is -0.0316 e. The highest BCUT2D eigenvalue weighted by atomic mass is 13.8. The molecule has 0 aliphatic heterocycles. The fourth-order valence-electron chi connectivity index (χ4n) is 0.757. The van der Waals surface area contributed by atoms with Crippen molar-refractivity contribution in [2.75, 3.05) is 0 Å². The van der Waals surface area contributed by atoms with Crippen molar-refractivity contribution in [1.82, 2.24) is 0 Å². The second kappa shape index (κ2) is 9.22. The predicted octanol–water partition coefficient (Wildman–Crippen LogP) is 3.68. The number of rotatable bonds is 5. The van der Waals surface area contributed by atoms with Crippen molar-refractivity contribution in [2.45, 2.75) is 26.2 Å². The molecule has 0 aliphatic rings. The van der Waals surface area contributed by atoms with Gasteiger partial charge in [0.15, 0.2) is 0 Å². The molecule has 0 aromatic carbocycles. The van der Waals surface area contributed by atoms with Gasteiger partial charge in [0.25, 0.3) is 0 Å². The van der Waals surface area contributed by atoms with E-state index in [2.05, 4.69) is 31.2 Å². The van der Waals surface area contributed by atoms with Gasteiger partial charge in [-0.2, -0.15) is 0 Å². The second-order valence-corrected chi connectivity index (χ2v) is 2.36. The van der Waals surface area contributed by atoms with E-state index in [-0.39, 0.29) is 0 Å². The summed E-state index contributed by atoms with van der Waals surface area (Å²) in [6.07, 6.45) is 15.9. The smallest absolute Gasteiger partial charge is 0.0316 e. The van der Waals surface area contributed by atoms with Crippen molar-refractivity contribution in [1.29, 1.82) is 0 Å². The lowest BCUT2D eigenvalue weighted by Crippen LogP contribution is -1.67. The van der Waals surface area contributed by atoms with Crippen molar-refractivity contribution < 1.29 is 0 Å². The van der Waals surface area contributed by atoms with E-state index in [4.69, 9.17) is 0 Å². The summed E-state index contributed by atoms with van der Waals surface area (Å²) in [6, 6.07) is 0. The first-order valence-corrected chi connectivity index (χ1v) is 4.14. The molecule has 0 aliphatic carbocycles. The maximum absolute atomic E-state index is 3.62. The first-order chi connectivity index (χ1) is 5.41. The molecule has 0 unspecified atom stereocenters.